The molecular formula is C12H17BrO4S2. The zero-order valence-corrected chi connectivity index (χ0v) is 14.0. The zero-order valence-electron chi connectivity index (χ0n) is 10.8. The molecule has 19 heavy (non-hydrogen) atoms. The molecule has 0 bridgehead atoms. The standard InChI is InChI=1S/C12H17BrO4S2/c1-12(2,7-14)8-17-18-11-4-3-10(19(15)16)5-9(11)6-13/h3-5,14H,6-8H2,1-2H3,(H,15,16). The number of hydrogen-bond donors (Lipinski definition) is 2. The molecule has 0 saturated carbocycles. The summed E-state index contributed by atoms with van der Waals surface area (Å²) in [6.07, 6.45) is 0. The molecule has 0 radical (unpaired) electrons. The van der Waals surface area contributed by atoms with E-state index in [0.717, 1.165) is 10.5 Å². The summed E-state index contributed by atoms with van der Waals surface area (Å²) in [7, 11) is 0. The molecule has 0 aromatic heterocycles. The van der Waals surface area contributed by atoms with Crippen LogP contribution in [-0.2, 0) is 20.6 Å². The Morgan fingerprint density at radius 1 is 1.47 bits per heavy atom. The molecule has 0 aliphatic carbocycles. The SMILES string of the molecule is CC(C)(CO)COSc1ccc(S(=O)O)cc1CBr. The molecule has 1 unspecified atom stereocenters. The number of hydrogen-bond acceptors (Lipinski definition) is 4. The van der Waals surface area contributed by atoms with Crippen LogP contribution in [0.5, 0.6) is 0 Å². The van der Waals surface area contributed by atoms with Gasteiger partial charge in [0.2, 0.25) is 0 Å². The minimum absolute atomic E-state index is 0.0568. The van der Waals surface area contributed by atoms with E-state index in [2.05, 4.69) is 15.9 Å². The quantitative estimate of drug-likeness (QED) is 0.439. The molecule has 1 rings (SSSR count). The summed E-state index contributed by atoms with van der Waals surface area (Å²) in [6.45, 7) is 4.30. The number of alkyl halides is 1. The molecule has 1 aromatic rings. The third-order valence-corrected chi connectivity index (χ3v) is 4.48. The maximum Gasteiger partial charge on any atom is 0.186 e. The molecule has 7 heteroatoms. The van der Waals surface area contributed by atoms with E-state index < -0.39 is 11.1 Å². The number of halogens is 1. The molecule has 0 saturated heterocycles. The minimum Gasteiger partial charge on any atom is -0.396 e. The van der Waals surface area contributed by atoms with Gasteiger partial charge < -0.3 is 13.8 Å². The van der Waals surface area contributed by atoms with Crippen LogP contribution >= 0.6 is 28.0 Å². The van der Waals surface area contributed by atoms with Gasteiger partial charge >= 0.3 is 0 Å². The van der Waals surface area contributed by atoms with Crippen molar-refractivity contribution in [2.45, 2.75) is 29.0 Å². The van der Waals surface area contributed by atoms with Crippen LogP contribution in [-0.4, -0.2) is 27.1 Å². The number of aliphatic hydroxyl groups excluding tert-OH is 1. The monoisotopic (exact) mass is 368 g/mol. The van der Waals surface area contributed by atoms with Crippen molar-refractivity contribution in [2.75, 3.05) is 13.2 Å². The van der Waals surface area contributed by atoms with E-state index in [1.807, 2.05) is 13.8 Å². The van der Waals surface area contributed by atoms with Gasteiger partial charge in [0.1, 0.15) is 0 Å². The first-order valence-corrected chi connectivity index (χ1v) is 8.56. The maximum absolute atomic E-state index is 11.0. The van der Waals surface area contributed by atoms with Gasteiger partial charge in [0.15, 0.2) is 11.1 Å². The Morgan fingerprint density at radius 3 is 2.68 bits per heavy atom. The largest absolute Gasteiger partial charge is 0.396 e. The number of rotatable bonds is 7. The highest BCUT2D eigenvalue weighted by molar-refractivity contribution is 9.08. The predicted octanol–water partition coefficient (Wildman–Crippen LogP) is 3.20. The van der Waals surface area contributed by atoms with E-state index in [4.69, 9.17) is 13.8 Å². The van der Waals surface area contributed by atoms with E-state index in [0.29, 0.717) is 16.8 Å². The Kier molecular flexibility index (Phi) is 6.99. The second kappa shape index (κ2) is 7.75. The van der Waals surface area contributed by atoms with Crippen molar-refractivity contribution < 1.29 is 18.1 Å². The average molecular weight is 369 g/mol. The van der Waals surface area contributed by atoms with Crippen LogP contribution in [0.25, 0.3) is 0 Å². The summed E-state index contributed by atoms with van der Waals surface area (Å²) >= 11 is 2.59. The molecule has 0 fully saturated rings. The van der Waals surface area contributed by atoms with Crippen molar-refractivity contribution >= 4 is 39.1 Å². The van der Waals surface area contributed by atoms with Crippen LogP contribution in [0, 0.1) is 5.41 Å². The molecule has 1 aromatic carbocycles. The van der Waals surface area contributed by atoms with Gasteiger partial charge in [-0.25, -0.2) is 4.21 Å². The minimum atomic E-state index is -1.97. The molecule has 4 nitrogen and oxygen atoms in total. The van der Waals surface area contributed by atoms with E-state index >= 15 is 0 Å². The van der Waals surface area contributed by atoms with Crippen molar-refractivity contribution in [3.63, 3.8) is 0 Å². The first-order valence-electron chi connectivity index (χ1n) is 5.60. The van der Waals surface area contributed by atoms with Gasteiger partial charge in [0.05, 0.1) is 18.1 Å². The molecule has 0 amide bonds. The predicted molar refractivity (Wildman–Crippen MR) is 80.8 cm³/mol. The molecule has 0 heterocycles. The Morgan fingerprint density at radius 2 is 2.16 bits per heavy atom. The van der Waals surface area contributed by atoms with Gasteiger partial charge in [-0.15, -0.1) is 0 Å². The van der Waals surface area contributed by atoms with Crippen LogP contribution in [0.2, 0.25) is 0 Å². The van der Waals surface area contributed by atoms with Crippen molar-refractivity contribution in [3.8, 4) is 0 Å². The fraction of sp³-hybridized carbons (Fsp3) is 0.500. The van der Waals surface area contributed by atoms with Crippen LogP contribution < -0.4 is 0 Å². The Balaban J connectivity index is 2.71. The van der Waals surface area contributed by atoms with E-state index in [-0.39, 0.29) is 12.0 Å². The smallest absolute Gasteiger partial charge is 0.186 e. The van der Waals surface area contributed by atoms with Crippen molar-refractivity contribution in [1.29, 1.82) is 0 Å². The summed E-state index contributed by atoms with van der Waals surface area (Å²) in [6, 6.07) is 5.04. The lowest BCUT2D eigenvalue weighted by Gasteiger charge is -2.20. The number of benzene rings is 1. The average Bonchev–Trinajstić information content (AvgIpc) is 2.38. The highest BCUT2D eigenvalue weighted by Crippen LogP contribution is 2.29. The summed E-state index contributed by atoms with van der Waals surface area (Å²) in [5.74, 6) is 0. The van der Waals surface area contributed by atoms with E-state index in [1.54, 1.807) is 18.2 Å². The lowest BCUT2D eigenvalue weighted by Crippen LogP contribution is -2.22. The van der Waals surface area contributed by atoms with Gasteiger partial charge in [-0.1, -0.05) is 29.8 Å². The molecule has 1 atom stereocenters. The zero-order chi connectivity index (χ0) is 14.5. The topological polar surface area (TPSA) is 66.8 Å². The fourth-order valence-corrected chi connectivity index (χ4v) is 3.09. The van der Waals surface area contributed by atoms with Crippen molar-refractivity contribution in [2.24, 2.45) is 5.41 Å². The van der Waals surface area contributed by atoms with Gasteiger partial charge in [0, 0.05) is 27.7 Å². The van der Waals surface area contributed by atoms with Crippen LogP contribution in [0.3, 0.4) is 0 Å². The molecular weight excluding hydrogens is 352 g/mol. The second-order valence-corrected chi connectivity index (χ2v) is 7.19. The molecule has 0 aliphatic heterocycles. The lowest BCUT2D eigenvalue weighted by atomic mass is 9.97. The lowest BCUT2D eigenvalue weighted by molar-refractivity contribution is 0.108. The summed E-state index contributed by atoms with van der Waals surface area (Å²) in [5, 5.41) is 9.71. The maximum atomic E-state index is 11.0. The van der Waals surface area contributed by atoms with Gasteiger partial charge in [-0.05, 0) is 23.8 Å². The highest BCUT2D eigenvalue weighted by Gasteiger charge is 2.17. The molecule has 2 N–H and O–H groups in total. The van der Waals surface area contributed by atoms with Crippen LogP contribution in [0.4, 0.5) is 0 Å². The first kappa shape index (κ1) is 17.1. The number of aliphatic hydroxyl groups is 1. The normalized spacial score (nSPS) is 13.5. The Hall–Kier alpha value is 0.0800. The third-order valence-electron chi connectivity index (χ3n) is 2.40. The summed E-state index contributed by atoms with van der Waals surface area (Å²) < 4.78 is 25.6. The summed E-state index contributed by atoms with van der Waals surface area (Å²) in [4.78, 5) is 1.26. The Bertz CT molecular complexity index is 451. The van der Waals surface area contributed by atoms with Crippen molar-refractivity contribution in [1.82, 2.24) is 0 Å². The van der Waals surface area contributed by atoms with Gasteiger partial charge in [0.25, 0.3) is 0 Å². The fourth-order valence-electron chi connectivity index (χ4n) is 1.15. The second-order valence-electron chi connectivity index (χ2n) is 4.82. The van der Waals surface area contributed by atoms with E-state index in [1.165, 1.54) is 12.0 Å². The van der Waals surface area contributed by atoms with Gasteiger partial charge in [-0.2, -0.15) is 0 Å². The van der Waals surface area contributed by atoms with Crippen LogP contribution in [0.1, 0.15) is 19.4 Å². The summed E-state index contributed by atoms with van der Waals surface area (Å²) in [5.41, 5.74) is 0.611. The molecule has 0 spiro atoms. The molecule has 0 aliphatic rings. The van der Waals surface area contributed by atoms with E-state index in [9.17, 15) is 4.21 Å². The van der Waals surface area contributed by atoms with Crippen LogP contribution in [0.15, 0.2) is 28.0 Å². The Labute approximate surface area is 128 Å². The first-order chi connectivity index (χ1) is 8.89. The molecule has 108 valence electrons. The highest BCUT2D eigenvalue weighted by atomic mass is 79.9. The van der Waals surface area contributed by atoms with Gasteiger partial charge in [-0.3, -0.25) is 0 Å². The third kappa shape index (κ3) is 5.53. The van der Waals surface area contributed by atoms with Crippen molar-refractivity contribution in [3.05, 3.63) is 23.8 Å².